The van der Waals surface area contributed by atoms with Crippen LogP contribution in [0, 0.1) is 0 Å². The molecule has 0 atom stereocenters. The van der Waals surface area contributed by atoms with Crippen molar-refractivity contribution in [3.63, 3.8) is 0 Å². The highest BCUT2D eigenvalue weighted by atomic mass is 79.9. The second-order valence-corrected chi connectivity index (χ2v) is 4.43. The number of nitrogens with zero attached hydrogens (tertiary/aromatic N) is 1. The van der Waals surface area contributed by atoms with E-state index in [1.54, 1.807) is 12.3 Å². The summed E-state index contributed by atoms with van der Waals surface area (Å²) in [6.45, 7) is 4.22. The van der Waals surface area contributed by atoms with Gasteiger partial charge in [-0.25, -0.2) is 0 Å². The van der Waals surface area contributed by atoms with Gasteiger partial charge in [0.1, 0.15) is 6.54 Å². The average molecular weight is 302 g/mol. The molecule has 0 aromatic carbocycles. The molecule has 0 spiro atoms. The van der Waals surface area contributed by atoms with Gasteiger partial charge in [-0.3, -0.25) is 9.59 Å². The number of carbonyl (C=O) groups excluding carboxylic acids is 1. The van der Waals surface area contributed by atoms with Gasteiger partial charge in [-0.2, -0.15) is 0 Å². The number of halogens is 1. The summed E-state index contributed by atoms with van der Waals surface area (Å²) >= 11 is 3.26. The van der Waals surface area contributed by atoms with Crippen LogP contribution in [0.25, 0.3) is 0 Å². The lowest BCUT2D eigenvalue weighted by Crippen LogP contribution is -2.35. The zero-order valence-electron chi connectivity index (χ0n) is 9.70. The second-order valence-electron chi connectivity index (χ2n) is 3.52. The zero-order chi connectivity index (χ0) is 12.7. The molecule has 0 radical (unpaired) electrons. The Labute approximate surface area is 108 Å². The van der Waals surface area contributed by atoms with Crippen LogP contribution < -0.4 is 16.2 Å². The standard InChI is InChI=1S/C11H16BrN3O2/c1-2-13-5-6-14-10(16)8-15-7-9(12)3-4-11(15)17/h3-4,7,13H,2,5-6,8H2,1H3,(H,14,16). The molecule has 1 rings (SSSR count). The van der Waals surface area contributed by atoms with E-state index in [9.17, 15) is 9.59 Å². The van der Waals surface area contributed by atoms with Crippen molar-refractivity contribution in [3.05, 3.63) is 33.2 Å². The molecule has 5 nitrogen and oxygen atoms in total. The fourth-order valence-corrected chi connectivity index (χ4v) is 1.68. The molecule has 6 heteroatoms. The summed E-state index contributed by atoms with van der Waals surface area (Å²) in [6, 6.07) is 3.08. The van der Waals surface area contributed by atoms with Crippen LogP contribution in [0.1, 0.15) is 6.92 Å². The number of hydrogen-bond donors (Lipinski definition) is 2. The Bertz CT molecular complexity index is 431. The summed E-state index contributed by atoms with van der Waals surface area (Å²) in [7, 11) is 0. The number of amides is 1. The van der Waals surface area contributed by atoms with Crippen LogP contribution in [-0.4, -0.2) is 30.1 Å². The Morgan fingerprint density at radius 3 is 2.88 bits per heavy atom. The first-order valence-corrected chi connectivity index (χ1v) is 6.26. The first-order valence-electron chi connectivity index (χ1n) is 5.47. The van der Waals surface area contributed by atoms with E-state index in [0.29, 0.717) is 6.54 Å². The van der Waals surface area contributed by atoms with Gasteiger partial charge in [0, 0.05) is 29.8 Å². The maximum atomic E-state index is 11.5. The minimum atomic E-state index is -0.185. The minimum absolute atomic E-state index is 0.0460. The normalized spacial score (nSPS) is 10.2. The van der Waals surface area contributed by atoms with Crippen LogP contribution in [0.15, 0.2) is 27.6 Å². The predicted octanol–water partition coefficient (Wildman–Crippen LogP) is 0.336. The van der Waals surface area contributed by atoms with E-state index in [2.05, 4.69) is 26.6 Å². The summed E-state index contributed by atoms with van der Waals surface area (Å²) < 4.78 is 2.14. The Morgan fingerprint density at radius 1 is 1.41 bits per heavy atom. The highest BCUT2D eigenvalue weighted by Crippen LogP contribution is 2.04. The molecule has 0 aliphatic heterocycles. The van der Waals surface area contributed by atoms with Gasteiger partial charge in [0.25, 0.3) is 5.56 Å². The van der Waals surface area contributed by atoms with E-state index in [4.69, 9.17) is 0 Å². The molecule has 2 N–H and O–H groups in total. The van der Waals surface area contributed by atoms with E-state index in [1.807, 2.05) is 6.92 Å². The van der Waals surface area contributed by atoms with Crippen molar-refractivity contribution in [2.24, 2.45) is 0 Å². The topological polar surface area (TPSA) is 63.1 Å². The molecule has 0 unspecified atom stereocenters. The van der Waals surface area contributed by atoms with Crippen LogP contribution in [0.5, 0.6) is 0 Å². The van der Waals surface area contributed by atoms with Crippen LogP contribution in [0.3, 0.4) is 0 Å². The van der Waals surface area contributed by atoms with Crippen molar-refractivity contribution < 1.29 is 4.79 Å². The second kappa shape index (κ2) is 7.24. The van der Waals surface area contributed by atoms with Crippen molar-refractivity contribution >= 4 is 21.8 Å². The summed E-state index contributed by atoms with van der Waals surface area (Å²) in [5.74, 6) is -0.164. The molecular formula is C11H16BrN3O2. The molecule has 0 saturated heterocycles. The number of nitrogens with one attached hydrogen (secondary N) is 2. The van der Waals surface area contributed by atoms with Gasteiger partial charge in [-0.05, 0) is 28.5 Å². The van der Waals surface area contributed by atoms with Gasteiger partial charge in [0.05, 0.1) is 0 Å². The first-order chi connectivity index (χ1) is 8.13. The molecule has 1 heterocycles. The summed E-state index contributed by atoms with van der Waals surface area (Å²) in [5.41, 5.74) is -0.185. The Hall–Kier alpha value is -1.14. The molecule has 0 aliphatic carbocycles. The minimum Gasteiger partial charge on any atom is -0.353 e. The number of aromatic nitrogens is 1. The van der Waals surface area contributed by atoms with Crippen LogP contribution in [0.4, 0.5) is 0 Å². The van der Waals surface area contributed by atoms with Gasteiger partial charge >= 0.3 is 0 Å². The average Bonchev–Trinajstić information content (AvgIpc) is 2.29. The molecular weight excluding hydrogens is 286 g/mol. The molecule has 17 heavy (non-hydrogen) atoms. The summed E-state index contributed by atoms with van der Waals surface area (Å²) in [4.78, 5) is 23.0. The molecule has 0 bridgehead atoms. The van der Waals surface area contributed by atoms with E-state index in [0.717, 1.165) is 17.6 Å². The zero-order valence-corrected chi connectivity index (χ0v) is 11.3. The van der Waals surface area contributed by atoms with E-state index >= 15 is 0 Å². The molecule has 1 aromatic rings. The number of hydrogen-bond acceptors (Lipinski definition) is 3. The quantitative estimate of drug-likeness (QED) is 0.745. The Kier molecular flexibility index (Phi) is 5.93. The fourth-order valence-electron chi connectivity index (χ4n) is 1.30. The molecule has 1 aromatic heterocycles. The van der Waals surface area contributed by atoms with Crippen molar-refractivity contribution in [1.29, 1.82) is 0 Å². The van der Waals surface area contributed by atoms with Gasteiger partial charge < -0.3 is 15.2 Å². The number of pyridine rings is 1. The maximum Gasteiger partial charge on any atom is 0.251 e. The van der Waals surface area contributed by atoms with Gasteiger partial charge in [0.15, 0.2) is 0 Å². The highest BCUT2D eigenvalue weighted by Gasteiger charge is 2.03. The summed E-state index contributed by atoms with van der Waals surface area (Å²) in [5, 5.41) is 5.83. The SMILES string of the molecule is CCNCCNC(=O)Cn1cc(Br)ccc1=O. The number of carbonyl (C=O) groups is 1. The van der Waals surface area contributed by atoms with E-state index in [-0.39, 0.29) is 18.0 Å². The third kappa shape index (κ3) is 5.14. The fraction of sp³-hybridized carbons (Fsp3) is 0.455. The molecule has 0 aliphatic rings. The Morgan fingerprint density at radius 2 is 2.18 bits per heavy atom. The highest BCUT2D eigenvalue weighted by molar-refractivity contribution is 9.10. The van der Waals surface area contributed by atoms with Gasteiger partial charge in [-0.15, -0.1) is 0 Å². The van der Waals surface area contributed by atoms with Crippen molar-refractivity contribution in [2.45, 2.75) is 13.5 Å². The molecule has 94 valence electrons. The monoisotopic (exact) mass is 301 g/mol. The van der Waals surface area contributed by atoms with Gasteiger partial charge in [0.2, 0.25) is 5.91 Å². The van der Waals surface area contributed by atoms with Crippen LogP contribution in [0.2, 0.25) is 0 Å². The van der Waals surface area contributed by atoms with E-state index < -0.39 is 0 Å². The lowest BCUT2D eigenvalue weighted by atomic mass is 10.4. The smallest absolute Gasteiger partial charge is 0.251 e. The first kappa shape index (κ1) is 13.9. The third-order valence-electron chi connectivity index (χ3n) is 2.14. The van der Waals surface area contributed by atoms with Crippen molar-refractivity contribution in [1.82, 2.24) is 15.2 Å². The predicted molar refractivity (Wildman–Crippen MR) is 70.0 cm³/mol. The van der Waals surface area contributed by atoms with Crippen molar-refractivity contribution in [2.75, 3.05) is 19.6 Å². The molecule has 1 amide bonds. The number of rotatable bonds is 6. The third-order valence-corrected chi connectivity index (χ3v) is 2.60. The largest absolute Gasteiger partial charge is 0.353 e. The molecule has 0 fully saturated rings. The van der Waals surface area contributed by atoms with E-state index in [1.165, 1.54) is 10.6 Å². The van der Waals surface area contributed by atoms with Crippen LogP contribution >= 0.6 is 15.9 Å². The maximum absolute atomic E-state index is 11.5. The van der Waals surface area contributed by atoms with Crippen molar-refractivity contribution in [3.8, 4) is 0 Å². The summed E-state index contributed by atoms with van der Waals surface area (Å²) in [6.07, 6.45) is 1.60. The van der Waals surface area contributed by atoms with Gasteiger partial charge in [-0.1, -0.05) is 6.92 Å². The van der Waals surface area contributed by atoms with Crippen LogP contribution in [-0.2, 0) is 11.3 Å². The lowest BCUT2D eigenvalue weighted by Gasteiger charge is -2.07. The number of likely N-dealkylation sites (N-methyl/N-ethyl adjacent to an activating group) is 1. The molecule has 0 saturated carbocycles. The lowest BCUT2D eigenvalue weighted by molar-refractivity contribution is -0.121. The Balaban J connectivity index is 2.45.